The van der Waals surface area contributed by atoms with Crippen LogP contribution >= 0.6 is 0 Å². The number of carbonyl (C=O) groups excluding carboxylic acids is 1. The van der Waals surface area contributed by atoms with E-state index in [9.17, 15) is 13.2 Å². The van der Waals surface area contributed by atoms with Crippen molar-refractivity contribution in [2.45, 2.75) is 53.0 Å². The van der Waals surface area contributed by atoms with E-state index in [2.05, 4.69) is 5.32 Å². The number of rotatable bonds is 8. The number of amides is 1. The average Bonchev–Trinajstić information content (AvgIpc) is 2.40. The number of hydrogen-bond donors (Lipinski definition) is 1. The quantitative estimate of drug-likeness (QED) is 0.791. The van der Waals surface area contributed by atoms with Gasteiger partial charge in [-0.2, -0.15) is 0 Å². The Morgan fingerprint density at radius 2 is 1.78 bits per heavy atom. The number of aryl methyl sites for hydroxylation is 2. The fraction of sp³-hybridized carbons (Fsp3) is 0.588. The van der Waals surface area contributed by atoms with Gasteiger partial charge in [0.1, 0.15) is 0 Å². The van der Waals surface area contributed by atoms with Gasteiger partial charge >= 0.3 is 0 Å². The van der Waals surface area contributed by atoms with E-state index in [0.717, 1.165) is 17.5 Å². The van der Waals surface area contributed by atoms with E-state index < -0.39 is 10.0 Å². The average molecular weight is 340 g/mol. The van der Waals surface area contributed by atoms with Gasteiger partial charge in [-0.15, -0.1) is 0 Å². The Hall–Kier alpha value is -1.56. The fourth-order valence-corrected chi connectivity index (χ4v) is 3.36. The summed E-state index contributed by atoms with van der Waals surface area (Å²) in [6.07, 6.45) is 2.89. The van der Waals surface area contributed by atoms with Crippen LogP contribution in [-0.4, -0.2) is 33.2 Å². The first-order valence-corrected chi connectivity index (χ1v) is 9.83. The van der Waals surface area contributed by atoms with Crippen LogP contribution in [0.25, 0.3) is 0 Å². The molecule has 130 valence electrons. The van der Waals surface area contributed by atoms with Gasteiger partial charge in [-0.05, 0) is 56.9 Å². The second kappa shape index (κ2) is 8.34. The Morgan fingerprint density at radius 1 is 1.22 bits per heavy atom. The van der Waals surface area contributed by atoms with Crippen molar-refractivity contribution in [3.8, 4) is 0 Å². The van der Waals surface area contributed by atoms with Gasteiger partial charge in [0.15, 0.2) is 0 Å². The molecule has 0 aliphatic rings. The first kappa shape index (κ1) is 19.5. The van der Waals surface area contributed by atoms with Crippen LogP contribution in [0.5, 0.6) is 0 Å². The molecule has 0 spiro atoms. The van der Waals surface area contributed by atoms with Gasteiger partial charge in [0.25, 0.3) is 0 Å². The van der Waals surface area contributed by atoms with Gasteiger partial charge in [-0.3, -0.25) is 9.10 Å². The lowest BCUT2D eigenvalue weighted by atomic mass is 10.1. The molecule has 0 saturated heterocycles. The number of anilines is 1. The molecule has 0 aliphatic carbocycles. The minimum atomic E-state index is -3.38. The summed E-state index contributed by atoms with van der Waals surface area (Å²) >= 11 is 0. The zero-order chi connectivity index (χ0) is 17.6. The van der Waals surface area contributed by atoms with Gasteiger partial charge in [0, 0.05) is 19.0 Å². The number of nitrogens with one attached hydrogen (secondary N) is 1. The van der Waals surface area contributed by atoms with Crippen LogP contribution in [0.1, 0.15) is 44.2 Å². The summed E-state index contributed by atoms with van der Waals surface area (Å²) in [4.78, 5) is 11.8. The molecule has 1 rings (SSSR count). The van der Waals surface area contributed by atoms with Crippen molar-refractivity contribution in [2.75, 3.05) is 17.1 Å². The predicted octanol–water partition coefficient (Wildman–Crippen LogP) is 2.76. The smallest absolute Gasteiger partial charge is 0.232 e. The zero-order valence-electron chi connectivity index (χ0n) is 14.7. The Kier molecular flexibility index (Phi) is 7.06. The van der Waals surface area contributed by atoms with Gasteiger partial charge in [0.05, 0.1) is 11.9 Å². The molecule has 1 aromatic carbocycles. The van der Waals surface area contributed by atoms with Crippen LogP contribution in [0.2, 0.25) is 0 Å². The lowest BCUT2D eigenvalue weighted by Gasteiger charge is -2.23. The summed E-state index contributed by atoms with van der Waals surface area (Å²) in [7, 11) is -3.38. The zero-order valence-corrected chi connectivity index (χ0v) is 15.5. The maximum atomic E-state index is 12.1. The first-order valence-electron chi connectivity index (χ1n) is 7.99. The number of carbonyl (C=O) groups is 1. The summed E-state index contributed by atoms with van der Waals surface area (Å²) in [6.45, 7) is 8.15. The molecule has 0 saturated carbocycles. The highest BCUT2D eigenvalue weighted by atomic mass is 32.2. The summed E-state index contributed by atoms with van der Waals surface area (Å²) in [5.74, 6) is -0.0341. The second-order valence-electron chi connectivity index (χ2n) is 6.16. The Balaban J connectivity index is 2.76. The highest BCUT2D eigenvalue weighted by Crippen LogP contribution is 2.21. The lowest BCUT2D eigenvalue weighted by molar-refractivity contribution is -0.121. The molecule has 1 N–H and O–H groups in total. The number of benzene rings is 1. The topological polar surface area (TPSA) is 66.5 Å². The minimum Gasteiger partial charge on any atom is -0.354 e. The third kappa shape index (κ3) is 6.60. The first-order chi connectivity index (χ1) is 10.6. The van der Waals surface area contributed by atoms with Crippen LogP contribution in [0.4, 0.5) is 5.69 Å². The number of sulfonamides is 1. The molecule has 1 unspecified atom stereocenters. The molecule has 1 atom stereocenters. The van der Waals surface area contributed by atoms with E-state index in [1.54, 1.807) is 0 Å². The molecule has 0 aliphatic heterocycles. The molecular formula is C17H28N2O3S. The molecular weight excluding hydrogens is 312 g/mol. The maximum absolute atomic E-state index is 12.1. The number of hydrogen-bond acceptors (Lipinski definition) is 3. The van der Waals surface area contributed by atoms with E-state index in [1.807, 2.05) is 45.9 Å². The standard InChI is InChI=1S/C17H28N2O3S/c1-6-15(4)18-17(20)8-7-9-19(23(5,21)22)16-11-13(2)10-14(3)12-16/h10-12,15H,6-9H2,1-5H3,(H,18,20). The van der Waals surface area contributed by atoms with Crippen LogP contribution in [0.3, 0.4) is 0 Å². The van der Waals surface area contributed by atoms with Crippen LogP contribution in [0.15, 0.2) is 18.2 Å². The molecule has 1 aromatic rings. The van der Waals surface area contributed by atoms with Crippen molar-refractivity contribution in [1.29, 1.82) is 0 Å². The van der Waals surface area contributed by atoms with Crippen LogP contribution in [0, 0.1) is 13.8 Å². The van der Waals surface area contributed by atoms with Crippen LogP contribution < -0.4 is 9.62 Å². The van der Waals surface area contributed by atoms with Gasteiger partial charge in [0.2, 0.25) is 15.9 Å². The molecule has 1 amide bonds. The van der Waals surface area contributed by atoms with E-state index >= 15 is 0 Å². The monoisotopic (exact) mass is 340 g/mol. The highest BCUT2D eigenvalue weighted by molar-refractivity contribution is 7.92. The van der Waals surface area contributed by atoms with Crippen LogP contribution in [-0.2, 0) is 14.8 Å². The van der Waals surface area contributed by atoms with E-state index in [0.29, 0.717) is 25.1 Å². The molecule has 6 heteroatoms. The van der Waals surface area contributed by atoms with Gasteiger partial charge < -0.3 is 5.32 Å². The highest BCUT2D eigenvalue weighted by Gasteiger charge is 2.18. The third-order valence-electron chi connectivity index (χ3n) is 3.68. The van der Waals surface area contributed by atoms with E-state index in [4.69, 9.17) is 0 Å². The Morgan fingerprint density at radius 3 is 2.26 bits per heavy atom. The third-order valence-corrected chi connectivity index (χ3v) is 4.87. The minimum absolute atomic E-state index is 0.0341. The Bertz CT molecular complexity index is 621. The second-order valence-corrected chi connectivity index (χ2v) is 8.07. The lowest BCUT2D eigenvalue weighted by Crippen LogP contribution is -2.34. The van der Waals surface area contributed by atoms with Crippen molar-refractivity contribution in [3.05, 3.63) is 29.3 Å². The predicted molar refractivity (Wildman–Crippen MR) is 95.2 cm³/mol. The van der Waals surface area contributed by atoms with Crippen molar-refractivity contribution in [1.82, 2.24) is 5.32 Å². The molecule has 23 heavy (non-hydrogen) atoms. The summed E-state index contributed by atoms with van der Waals surface area (Å²) in [6, 6.07) is 5.86. The molecule has 0 aromatic heterocycles. The van der Waals surface area contributed by atoms with E-state index in [1.165, 1.54) is 10.6 Å². The van der Waals surface area contributed by atoms with Gasteiger partial charge in [-0.25, -0.2) is 8.42 Å². The summed E-state index contributed by atoms with van der Waals surface area (Å²) in [5, 5.41) is 2.89. The fourth-order valence-electron chi connectivity index (χ4n) is 2.41. The van der Waals surface area contributed by atoms with Gasteiger partial charge in [-0.1, -0.05) is 13.0 Å². The SMILES string of the molecule is CCC(C)NC(=O)CCCN(c1cc(C)cc(C)c1)S(C)(=O)=O. The molecule has 0 bridgehead atoms. The molecule has 0 fully saturated rings. The largest absolute Gasteiger partial charge is 0.354 e. The molecule has 0 radical (unpaired) electrons. The summed E-state index contributed by atoms with van der Waals surface area (Å²) in [5.41, 5.74) is 2.69. The Labute approximate surface area is 140 Å². The molecule has 0 heterocycles. The normalized spacial score (nSPS) is 12.7. The summed E-state index contributed by atoms with van der Waals surface area (Å²) < 4.78 is 25.5. The van der Waals surface area contributed by atoms with Crippen molar-refractivity contribution >= 4 is 21.6 Å². The number of nitrogens with zero attached hydrogens (tertiary/aromatic N) is 1. The molecule has 5 nitrogen and oxygen atoms in total. The van der Waals surface area contributed by atoms with Crippen molar-refractivity contribution < 1.29 is 13.2 Å². The van der Waals surface area contributed by atoms with Crippen molar-refractivity contribution in [3.63, 3.8) is 0 Å². The van der Waals surface area contributed by atoms with Crippen molar-refractivity contribution in [2.24, 2.45) is 0 Å². The van der Waals surface area contributed by atoms with E-state index in [-0.39, 0.29) is 11.9 Å². The maximum Gasteiger partial charge on any atom is 0.232 e.